The third kappa shape index (κ3) is 3.17. The third-order valence-corrected chi connectivity index (χ3v) is 4.17. The fourth-order valence-electron chi connectivity index (χ4n) is 2.15. The highest BCUT2D eigenvalue weighted by atomic mass is 32.1. The first-order chi connectivity index (χ1) is 10.2. The normalized spacial score (nSPS) is 12.3. The number of aliphatic hydroxyl groups is 1. The van der Waals surface area contributed by atoms with Gasteiger partial charge in [0.05, 0.1) is 11.8 Å². The molecule has 0 fully saturated rings. The molecule has 21 heavy (non-hydrogen) atoms. The molecular formula is C17H14FNOS. The molecule has 1 aromatic heterocycles. The fraction of sp³-hybridized carbons (Fsp3) is 0.118. The number of benzene rings is 2. The Bertz CT molecular complexity index is 726. The molecule has 0 aliphatic rings. The highest BCUT2D eigenvalue weighted by Crippen LogP contribution is 2.27. The van der Waals surface area contributed by atoms with E-state index in [0.717, 1.165) is 11.3 Å². The minimum Gasteiger partial charge on any atom is -0.388 e. The smallest absolute Gasteiger partial charge is 0.133 e. The SMILES string of the molecule is OC(Cc1csc(-c2ccccc2F)n1)c1ccccc1. The van der Waals surface area contributed by atoms with Crippen molar-refractivity contribution in [2.75, 3.05) is 0 Å². The minimum absolute atomic E-state index is 0.276. The highest BCUT2D eigenvalue weighted by molar-refractivity contribution is 7.13. The molecule has 106 valence electrons. The number of halogens is 1. The molecule has 2 nitrogen and oxygen atoms in total. The zero-order chi connectivity index (χ0) is 14.7. The molecule has 0 bridgehead atoms. The lowest BCUT2D eigenvalue weighted by molar-refractivity contribution is 0.177. The summed E-state index contributed by atoms with van der Waals surface area (Å²) in [5.74, 6) is -0.276. The van der Waals surface area contributed by atoms with Gasteiger partial charge in [0.1, 0.15) is 10.8 Å². The molecule has 2 aromatic carbocycles. The van der Waals surface area contributed by atoms with Crippen molar-refractivity contribution in [2.45, 2.75) is 12.5 Å². The molecule has 0 spiro atoms. The summed E-state index contributed by atoms with van der Waals surface area (Å²) < 4.78 is 13.7. The molecule has 0 amide bonds. The van der Waals surface area contributed by atoms with Crippen molar-refractivity contribution < 1.29 is 9.50 Å². The summed E-state index contributed by atoms with van der Waals surface area (Å²) in [5, 5.41) is 12.7. The standard InChI is InChI=1S/C17H14FNOS/c18-15-9-5-4-8-14(15)17-19-13(11-21-17)10-16(20)12-6-2-1-3-7-12/h1-9,11,16,20H,10H2. The van der Waals surface area contributed by atoms with Crippen LogP contribution in [-0.4, -0.2) is 10.1 Å². The Morgan fingerprint density at radius 3 is 2.52 bits per heavy atom. The van der Waals surface area contributed by atoms with E-state index < -0.39 is 6.10 Å². The van der Waals surface area contributed by atoms with Crippen LogP contribution in [0.25, 0.3) is 10.6 Å². The number of hydrogen-bond acceptors (Lipinski definition) is 3. The molecule has 4 heteroatoms. The van der Waals surface area contributed by atoms with Crippen molar-refractivity contribution >= 4 is 11.3 Å². The quantitative estimate of drug-likeness (QED) is 0.782. The van der Waals surface area contributed by atoms with Crippen LogP contribution in [0.1, 0.15) is 17.4 Å². The maximum Gasteiger partial charge on any atom is 0.133 e. The van der Waals surface area contributed by atoms with Crippen molar-refractivity contribution in [3.63, 3.8) is 0 Å². The van der Waals surface area contributed by atoms with Gasteiger partial charge in [-0.15, -0.1) is 11.3 Å². The summed E-state index contributed by atoms with van der Waals surface area (Å²) in [5.41, 5.74) is 2.13. The number of hydrogen-bond donors (Lipinski definition) is 1. The fourth-order valence-corrected chi connectivity index (χ4v) is 3.01. The van der Waals surface area contributed by atoms with Gasteiger partial charge in [0.15, 0.2) is 0 Å². The number of aliphatic hydroxyl groups excluding tert-OH is 1. The van der Waals surface area contributed by atoms with Crippen LogP contribution >= 0.6 is 11.3 Å². The summed E-state index contributed by atoms with van der Waals surface area (Å²) in [6, 6.07) is 16.1. The van der Waals surface area contributed by atoms with E-state index in [9.17, 15) is 9.50 Å². The lowest BCUT2D eigenvalue weighted by Crippen LogP contribution is -2.01. The van der Waals surface area contributed by atoms with Crippen LogP contribution in [0.4, 0.5) is 4.39 Å². The first-order valence-electron chi connectivity index (χ1n) is 6.66. The van der Waals surface area contributed by atoms with E-state index in [4.69, 9.17) is 0 Å². The van der Waals surface area contributed by atoms with E-state index in [0.29, 0.717) is 17.0 Å². The Labute approximate surface area is 126 Å². The van der Waals surface area contributed by atoms with Gasteiger partial charge in [-0.25, -0.2) is 9.37 Å². The first-order valence-corrected chi connectivity index (χ1v) is 7.54. The van der Waals surface area contributed by atoms with Crippen molar-refractivity contribution in [1.29, 1.82) is 0 Å². The average Bonchev–Trinajstić information content (AvgIpc) is 2.97. The van der Waals surface area contributed by atoms with Crippen molar-refractivity contribution in [3.8, 4) is 10.6 Å². The average molecular weight is 299 g/mol. The summed E-state index contributed by atoms with van der Waals surface area (Å²) >= 11 is 1.39. The molecule has 0 radical (unpaired) electrons. The van der Waals surface area contributed by atoms with Gasteiger partial charge in [0.2, 0.25) is 0 Å². The van der Waals surface area contributed by atoms with Crippen molar-refractivity contribution in [3.05, 3.63) is 77.1 Å². The maximum atomic E-state index is 13.7. The largest absolute Gasteiger partial charge is 0.388 e. The molecule has 3 aromatic rings. The van der Waals surface area contributed by atoms with E-state index in [1.54, 1.807) is 18.2 Å². The predicted molar refractivity (Wildman–Crippen MR) is 82.6 cm³/mol. The van der Waals surface area contributed by atoms with Crippen LogP contribution < -0.4 is 0 Å². The van der Waals surface area contributed by atoms with Crippen LogP contribution in [0.2, 0.25) is 0 Å². The molecule has 0 saturated heterocycles. The molecule has 0 saturated carbocycles. The molecule has 1 N–H and O–H groups in total. The van der Waals surface area contributed by atoms with Gasteiger partial charge in [-0.1, -0.05) is 42.5 Å². The Morgan fingerprint density at radius 2 is 1.76 bits per heavy atom. The van der Waals surface area contributed by atoms with Gasteiger partial charge in [-0.3, -0.25) is 0 Å². The van der Waals surface area contributed by atoms with Crippen molar-refractivity contribution in [2.24, 2.45) is 0 Å². The van der Waals surface area contributed by atoms with E-state index in [-0.39, 0.29) is 5.82 Å². The monoisotopic (exact) mass is 299 g/mol. The molecule has 3 rings (SSSR count). The van der Waals surface area contributed by atoms with Gasteiger partial charge < -0.3 is 5.11 Å². The lowest BCUT2D eigenvalue weighted by atomic mass is 10.1. The zero-order valence-electron chi connectivity index (χ0n) is 11.2. The topological polar surface area (TPSA) is 33.1 Å². The molecule has 1 heterocycles. The molecule has 1 atom stereocenters. The Kier molecular flexibility index (Phi) is 4.08. The Balaban J connectivity index is 1.78. The second kappa shape index (κ2) is 6.16. The Morgan fingerprint density at radius 1 is 1.05 bits per heavy atom. The second-order valence-corrected chi connectivity index (χ2v) is 5.61. The number of thiazole rings is 1. The van der Waals surface area contributed by atoms with Gasteiger partial charge in [-0.05, 0) is 17.7 Å². The minimum atomic E-state index is -0.596. The molecule has 1 unspecified atom stereocenters. The molecule has 0 aliphatic heterocycles. The van der Waals surface area contributed by atoms with Crippen LogP contribution in [0.15, 0.2) is 60.0 Å². The van der Waals surface area contributed by atoms with E-state index in [1.165, 1.54) is 17.4 Å². The van der Waals surface area contributed by atoms with Crippen LogP contribution in [0.5, 0.6) is 0 Å². The van der Waals surface area contributed by atoms with Gasteiger partial charge in [0.25, 0.3) is 0 Å². The highest BCUT2D eigenvalue weighted by Gasteiger charge is 2.13. The third-order valence-electron chi connectivity index (χ3n) is 3.24. The van der Waals surface area contributed by atoms with Crippen LogP contribution in [-0.2, 0) is 6.42 Å². The first kappa shape index (κ1) is 13.9. The van der Waals surface area contributed by atoms with E-state index in [2.05, 4.69) is 4.98 Å². The summed E-state index contributed by atoms with van der Waals surface area (Å²) in [6.45, 7) is 0. The summed E-state index contributed by atoms with van der Waals surface area (Å²) in [4.78, 5) is 4.43. The van der Waals surface area contributed by atoms with Crippen LogP contribution in [0, 0.1) is 5.82 Å². The summed E-state index contributed by atoms with van der Waals surface area (Å²) in [7, 11) is 0. The number of aromatic nitrogens is 1. The van der Waals surface area contributed by atoms with Crippen LogP contribution in [0.3, 0.4) is 0 Å². The van der Waals surface area contributed by atoms with Gasteiger partial charge in [-0.2, -0.15) is 0 Å². The number of nitrogens with zero attached hydrogens (tertiary/aromatic N) is 1. The van der Waals surface area contributed by atoms with E-state index in [1.807, 2.05) is 35.7 Å². The van der Waals surface area contributed by atoms with Crippen molar-refractivity contribution in [1.82, 2.24) is 4.98 Å². The summed E-state index contributed by atoms with van der Waals surface area (Å²) in [6.07, 6.45) is -0.170. The number of rotatable bonds is 4. The second-order valence-electron chi connectivity index (χ2n) is 4.75. The molecular weight excluding hydrogens is 285 g/mol. The Hall–Kier alpha value is -2.04. The van der Waals surface area contributed by atoms with E-state index >= 15 is 0 Å². The maximum absolute atomic E-state index is 13.7. The lowest BCUT2D eigenvalue weighted by Gasteiger charge is -2.08. The predicted octanol–water partition coefficient (Wildman–Crippen LogP) is 4.23. The van der Waals surface area contributed by atoms with Gasteiger partial charge >= 0.3 is 0 Å². The zero-order valence-corrected chi connectivity index (χ0v) is 12.1. The molecule has 0 aliphatic carbocycles. The van der Waals surface area contributed by atoms with Gasteiger partial charge in [0, 0.05) is 17.4 Å².